The van der Waals surface area contributed by atoms with Crippen LogP contribution < -0.4 is 15.2 Å². The van der Waals surface area contributed by atoms with E-state index in [0.29, 0.717) is 54.6 Å². The Labute approximate surface area is 174 Å². The lowest BCUT2D eigenvalue weighted by atomic mass is 10.0. The van der Waals surface area contributed by atoms with Crippen molar-refractivity contribution < 1.29 is 23.8 Å². The molecule has 1 saturated heterocycles. The topological polar surface area (TPSA) is 83.7 Å². The molecule has 1 fully saturated rings. The Balaban J connectivity index is 1.83. The van der Waals surface area contributed by atoms with Crippen molar-refractivity contribution in [1.82, 2.24) is 4.40 Å². The minimum Gasteiger partial charge on any atom is -0.477 e. The van der Waals surface area contributed by atoms with Crippen molar-refractivity contribution in [2.24, 2.45) is 0 Å². The van der Waals surface area contributed by atoms with Crippen LogP contribution in [0.3, 0.4) is 0 Å². The number of pyridine rings is 1. The van der Waals surface area contributed by atoms with Crippen molar-refractivity contribution >= 4 is 44.4 Å². The first-order valence-corrected chi connectivity index (χ1v) is 10.4. The predicted octanol–water partition coefficient (Wildman–Crippen LogP) is 2.15. The Hall–Kier alpha value is -2.69. The summed E-state index contributed by atoms with van der Waals surface area (Å²) in [4.78, 5) is 29.1. The van der Waals surface area contributed by atoms with Crippen LogP contribution >= 0.6 is 11.3 Å². The summed E-state index contributed by atoms with van der Waals surface area (Å²) >= 11 is 1.22. The molecule has 5 rings (SSSR count). The summed E-state index contributed by atoms with van der Waals surface area (Å²) in [6, 6.07) is 1.18. The summed E-state index contributed by atoms with van der Waals surface area (Å²) in [6.45, 7) is 2.28. The summed E-state index contributed by atoms with van der Waals surface area (Å²) in [5.74, 6) is -1.85. The molecule has 1 atom stereocenters. The van der Waals surface area contributed by atoms with E-state index >= 15 is 4.39 Å². The maximum Gasteiger partial charge on any atom is 0.342 e. The van der Waals surface area contributed by atoms with Gasteiger partial charge in [-0.25, -0.2) is 9.18 Å². The number of hydrogen-bond acceptors (Lipinski definition) is 7. The van der Waals surface area contributed by atoms with E-state index in [0.717, 1.165) is 5.69 Å². The third-order valence-electron chi connectivity index (χ3n) is 5.71. The normalized spacial score (nSPS) is 18.7. The first-order valence-electron chi connectivity index (χ1n) is 9.53. The molecule has 30 heavy (non-hydrogen) atoms. The lowest BCUT2D eigenvalue weighted by Gasteiger charge is -2.38. The SMILES string of the molecule is COC[C@H]1CN(c2c(F)cc3c(=O)c(C(=O)O)c4scc5n4c3c2N(C)C5)CCO1. The summed E-state index contributed by atoms with van der Waals surface area (Å²) < 4.78 is 28.2. The number of thiazole rings is 1. The van der Waals surface area contributed by atoms with Crippen LogP contribution in [0.5, 0.6) is 0 Å². The monoisotopic (exact) mass is 433 g/mol. The second-order valence-corrected chi connectivity index (χ2v) is 8.44. The van der Waals surface area contributed by atoms with Crippen molar-refractivity contribution in [2.45, 2.75) is 12.6 Å². The smallest absolute Gasteiger partial charge is 0.342 e. The number of methoxy groups -OCH3 is 1. The van der Waals surface area contributed by atoms with Crippen molar-refractivity contribution in [1.29, 1.82) is 0 Å². The van der Waals surface area contributed by atoms with E-state index in [9.17, 15) is 14.7 Å². The molecule has 10 heteroatoms. The molecule has 158 valence electrons. The summed E-state index contributed by atoms with van der Waals surface area (Å²) in [6.07, 6.45) is -0.186. The highest BCUT2D eigenvalue weighted by atomic mass is 32.1. The van der Waals surface area contributed by atoms with Gasteiger partial charge >= 0.3 is 5.97 Å². The molecule has 1 N–H and O–H groups in total. The number of benzene rings is 1. The van der Waals surface area contributed by atoms with Crippen LogP contribution in [-0.2, 0) is 16.0 Å². The lowest BCUT2D eigenvalue weighted by molar-refractivity contribution is -0.0101. The summed E-state index contributed by atoms with van der Waals surface area (Å²) in [7, 11) is 3.45. The number of anilines is 2. The van der Waals surface area contributed by atoms with Crippen LogP contribution in [0.15, 0.2) is 16.2 Å². The van der Waals surface area contributed by atoms with E-state index in [2.05, 4.69) is 0 Å². The van der Waals surface area contributed by atoms with Gasteiger partial charge < -0.3 is 24.4 Å². The van der Waals surface area contributed by atoms with Crippen molar-refractivity contribution in [3.63, 3.8) is 0 Å². The molecule has 4 heterocycles. The number of hydrogen-bond donors (Lipinski definition) is 1. The fraction of sp³-hybridized carbons (Fsp3) is 0.400. The van der Waals surface area contributed by atoms with Gasteiger partial charge in [0.05, 0.1) is 53.8 Å². The molecule has 8 nitrogen and oxygen atoms in total. The molecule has 0 amide bonds. The van der Waals surface area contributed by atoms with Crippen molar-refractivity contribution in [3.05, 3.63) is 38.7 Å². The van der Waals surface area contributed by atoms with Gasteiger partial charge in [0.2, 0.25) is 5.43 Å². The highest BCUT2D eigenvalue weighted by Crippen LogP contribution is 2.43. The first-order chi connectivity index (χ1) is 14.4. The van der Waals surface area contributed by atoms with Gasteiger partial charge in [0, 0.05) is 32.6 Å². The lowest BCUT2D eigenvalue weighted by Crippen LogP contribution is -2.45. The second-order valence-electron chi connectivity index (χ2n) is 7.58. The number of carbonyl (C=O) groups is 1. The second kappa shape index (κ2) is 6.93. The summed E-state index contributed by atoms with van der Waals surface area (Å²) in [5.41, 5.74) is 1.45. The molecule has 0 bridgehead atoms. The van der Waals surface area contributed by atoms with Gasteiger partial charge in [-0.2, -0.15) is 0 Å². The van der Waals surface area contributed by atoms with E-state index in [-0.39, 0.29) is 17.1 Å². The van der Waals surface area contributed by atoms with Crippen LogP contribution in [0.1, 0.15) is 16.1 Å². The van der Waals surface area contributed by atoms with Gasteiger partial charge in [-0.3, -0.25) is 9.20 Å². The zero-order valence-corrected chi connectivity index (χ0v) is 17.3. The largest absolute Gasteiger partial charge is 0.477 e. The number of halogens is 1. The van der Waals surface area contributed by atoms with Gasteiger partial charge in [0.25, 0.3) is 0 Å². The Bertz CT molecular complexity index is 1250. The average Bonchev–Trinajstić information content (AvgIpc) is 3.11. The molecule has 2 aliphatic rings. The van der Waals surface area contributed by atoms with Gasteiger partial charge in [0.15, 0.2) is 0 Å². The van der Waals surface area contributed by atoms with Gasteiger partial charge in [-0.05, 0) is 6.07 Å². The molecule has 2 aromatic heterocycles. The average molecular weight is 433 g/mol. The standard InChI is InChI=1S/C20H20FN3O5S/c1-22-6-10-9-30-19-14(20(26)27)18(25)12-5-13(21)16(17(22)15(12)24(10)19)23-3-4-29-11(7-23)8-28-2/h5,9,11H,3-4,6-8H2,1-2H3,(H,26,27)/t11-/m1/s1. The number of carboxylic acids is 1. The fourth-order valence-corrected chi connectivity index (χ4v) is 5.55. The third kappa shape index (κ3) is 2.64. The number of rotatable bonds is 4. The van der Waals surface area contributed by atoms with E-state index in [1.807, 2.05) is 22.2 Å². The number of ether oxygens (including phenoxy) is 2. The molecule has 2 aliphatic heterocycles. The van der Waals surface area contributed by atoms with Gasteiger partial charge in [-0.1, -0.05) is 0 Å². The molecule has 0 aliphatic carbocycles. The van der Waals surface area contributed by atoms with Crippen LogP contribution in [0, 0.1) is 5.82 Å². The van der Waals surface area contributed by atoms with Crippen LogP contribution in [-0.4, -0.2) is 62.0 Å². The van der Waals surface area contributed by atoms with Gasteiger partial charge in [-0.15, -0.1) is 11.3 Å². The molecule has 3 aromatic rings. The number of aromatic carboxylic acids is 1. The van der Waals surface area contributed by atoms with E-state index in [1.54, 1.807) is 11.5 Å². The molecular formula is C20H20FN3O5S. The van der Waals surface area contributed by atoms with Crippen molar-refractivity contribution in [2.75, 3.05) is 50.3 Å². The Morgan fingerprint density at radius 3 is 2.97 bits per heavy atom. The van der Waals surface area contributed by atoms with Crippen LogP contribution in [0.4, 0.5) is 15.8 Å². The van der Waals surface area contributed by atoms with Crippen LogP contribution in [0.2, 0.25) is 0 Å². The van der Waals surface area contributed by atoms with E-state index < -0.39 is 17.2 Å². The van der Waals surface area contributed by atoms with Crippen LogP contribution in [0.25, 0.3) is 15.7 Å². The minimum atomic E-state index is -1.30. The number of morpholine rings is 1. The zero-order chi connectivity index (χ0) is 21.2. The summed E-state index contributed by atoms with van der Waals surface area (Å²) in [5, 5.41) is 11.6. The number of aromatic nitrogens is 1. The highest BCUT2D eigenvalue weighted by molar-refractivity contribution is 7.16. The van der Waals surface area contributed by atoms with E-state index in [4.69, 9.17) is 9.47 Å². The van der Waals surface area contributed by atoms with Crippen molar-refractivity contribution in [3.8, 4) is 0 Å². The fourth-order valence-electron chi connectivity index (χ4n) is 4.51. The maximum absolute atomic E-state index is 15.5. The molecule has 0 saturated carbocycles. The highest BCUT2D eigenvalue weighted by Gasteiger charge is 2.33. The third-order valence-corrected chi connectivity index (χ3v) is 6.71. The molecule has 0 radical (unpaired) electrons. The quantitative estimate of drug-likeness (QED) is 0.675. The Kier molecular flexibility index (Phi) is 4.46. The predicted molar refractivity (Wildman–Crippen MR) is 112 cm³/mol. The minimum absolute atomic E-state index is 0.0778. The first kappa shape index (κ1) is 19.3. The number of carboxylic acid groups (broad SMARTS) is 1. The van der Waals surface area contributed by atoms with Gasteiger partial charge in [0.1, 0.15) is 16.2 Å². The zero-order valence-electron chi connectivity index (χ0n) is 16.5. The maximum atomic E-state index is 15.5. The number of nitrogens with zero attached hydrogens (tertiary/aromatic N) is 3. The van der Waals surface area contributed by atoms with E-state index in [1.165, 1.54) is 17.4 Å². The molecule has 0 spiro atoms. The Morgan fingerprint density at radius 2 is 2.23 bits per heavy atom. The molecule has 0 unspecified atom stereocenters. The Morgan fingerprint density at radius 1 is 1.43 bits per heavy atom. The molecular weight excluding hydrogens is 413 g/mol. The molecule has 1 aromatic carbocycles.